The first-order valence-corrected chi connectivity index (χ1v) is 9.31. The van der Waals surface area contributed by atoms with Crippen LogP contribution in [0.1, 0.15) is 43.9 Å². The SMILES string of the molecule is Cc1cc(-c2ccc(Cc3cc4c(c(C)c3C)CCNC4=O)cn2)ccn1. The van der Waals surface area contributed by atoms with E-state index in [-0.39, 0.29) is 5.91 Å². The number of aromatic nitrogens is 2. The molecule has 1 aliphatic heterocycles. The Morgan fingerprint density at radius 2 is 1.89 bits per heavy atom. The van der Waals surface area contributed by atoms with Gasteiger partial charge in [-0.05, 0) is 85.7 Å². The summed E-state index contributed by atoms with van der Waals surface area (Å²) in [5.41, 5.74) is 9.88. The third-order valence-electron chi connectivity index (χ3n) is 5.46. The molecule has 27 heavy (non-hydrogen) atoms. The molecule has 0 atom stereocenters. The summed E-state index contributed by atoms with van der Waals surface area (Å²) >= 11 is 0. The van der Waals surface area contributed by atoms with Gasteiger partial charge >= 0.3 is 0 Å². The molecule has 3 heterocycles. The quantitative estimate of drug-likeness (QED) is 0.772. The minimum absolute atomic E-state index is 0.0436. The van der Waals surface area contributed by atoms with E-state index in [0.29, 0.717) is 0 Å². The van der Waals surface area contributed by atoms with Crippen molar-refractivity contribution >= 4 is 5.91 Å². The summed E-state index contributed by atoms with van der Waals surface area (Å²) < 4.78 is 0. The summed E-state index contributed by atoms with van der Waals surface area (Å²) in [6.45, 7) is 6.99. The average molecular weight is 357 g/mol. The molecule has 1 N–H and O–H groups in total. The fraction of sp³-hybridized carbons (Fsp3) is 0.261. The van der Waals surface area contributed by atoms with Gasteiger partial charge in [-0.3, -0.25) is 14.8 Å². The van der Waals surface area contributed by atoms with Crippen molar-refractivity contribution in [2.75, 3.05) is 6.54 Å². The Labute approximate surface area is 159 Å². The molecule has 1 aromatic carbocycles. The molecule has 0 fully saturated rings. The maximum atomic E-state index is 12.3. The largest absolute Gasteiger partial charge is 0.352 e. The van der Waals surface area contributed by atoms with Crippen LogP contribution in [0.4, 0.5) is 0 Å². The van der Waals surface area contributed by atoms with Gasteiger partial charge in [0.2, 0.25) is 0 Å². The maximum absolute atomic E-state index is 12.3. The molecule has 0 saturated heterocycles. The Morgan fingerprint density at radius 3 is 2.63 bits per heavy atom. The number of nitrogens with one attached hydrogen (secondary N) is 1. The van der Waals surface area contributed by atoms with Gasteiger partial charge in [0, 0.05) is 35.8 Å². The van der Waals surface area contributed by atoms with Crippen LogP contribution in [0, 0.1) is 20.8 Å². The molecule has 1 aliphatic rings. The fourth-order valence-electron chi connectivity index (χ4n) is 3.77. The van der Waals surface area contributed by atoms with E-state index in [1.807, 2.05) is 31.5 Å². The average Bonchev–Trinajstić information content (AvgIpc) is 2.67. The van der Waals surface area contributed by atoms with Gasteiger partial charge < -0.3 is 5.32 Å². The zero-order valence-corrected chi connectivity index (χ0v) is 16.0. The van der Waals surface area contributed by atoms with Crippen LogP contribution in [-0.2, 0) is 12.8 Å². The third kappa shape index (κ3) is 3.35. The molecule has 4 heteroatoms. The minimum atomic E-state index is 0.0436. The van der Waals surface area contributed by atoms with Gasteiger partial charge in [-0.2, -0.15) is 0 Å². The highest BCUT2D eigenvalue weighted by molar-refractivity contribution is 5.97. The predicted octanol–water partition coefficient (Wildman–Crippen LogP) is 3.95. The van der Waals surface area contributed by atoms with Crippen LogP contribution in [0.15, 0.2) is 42.7 Å². The van der Waals surface area contributed by atoms with Crippen molar-refractivity contribution in [3.63, 3.8) is 0 Å². The first kappa shape index (κ1) is 17.4. The lowest BCUT2D eigenvalue weighted by molar-refractivity contribution is 0.0945. The van der Waals surface area contributed by atoms with E-state index in [1.165, 1.54) is 22.3 Å². The van der Waals surface area contributed by atoms with Gasteiger partial charge in [-0.1, -0.05) is 6.07 Å². The van der Waals surface area contributed by atoms with Crippen molar-refractivity contribution in [2.24, 2.45) is 0 Å². The summed E-state index contributed by atoms with van der Waals surface area (Å²) in [6.07, 6.45) is 5.43. The van der Waals surface area contributed by atoms with Crippen molar-refractivity contribution in [3.05, 3.63) is 81.8 Å². The molecule has 0 saturated carbocycles. The van der Waals surface area contributed by atoms with E-state index < -0.39 is 0 Å². The maximum Gasteiger partial charge on any atom is 0.251 e. The topological polar surface area (TPSA) is 54.9 Å². The Hall–Kier alpha value is -3.01. The van der Waals surface area contributed by atoms with Crippen molar-refractivity contribution in [3.8, 4) is 11.3 Å². The van der Waals surface area contributed by atoms with Gasteiger partial charge in [-0.25, -0.2) is 0 Å². The summed E-state index contributed by atoms with van der Waals surface area (Å²) in [7, 11) is 0. The first-order valence-electron chi connectivity index (χ1n) is 9.31. The summed E-state index contributed by atoms with van der Waals surface area (Å²) in [6, 6.07) is 10.2. The van der Waals surface area contributed by atoms with Crippen molar-refractivity contribution in [1.29, 1.82) is 0 Å². The molecule has 0 unspecified atom stereocenters. The Bertz CT molecular complexity index is 1020. The highest BCUT2D eigenvalue weighted by Crippen LogP contribution is 2.27. The number of benzene rings is 1. The van der Waals surface area contributed by atoms with Crippen molar-refractivity contribution in [2.45, 2.75) is 33.6 Å². The molecule has 0 radical (unpaired) electrons. The molecule has 4 rings (SSSR count). The van der Waals surface area contributed by atoms with E-state index in [9.17, 15) is 4.79 Å². The second-order valence-corrected chi connectivity index (χ2v) is 7.23. The van der Waals surface area contributed by atoms with Gasteiger partial charge in [0.25, 0.3) is 5.91 Å². The number of nitrogens with zero attached hydrogens (tertiary/aromatic N) is 2. The fourth-order valence-corrected chi connectivity index (χ4v) is 3.77. The lowest BCUT2D eigenvalue weighted by Gasteiger charge is -2.22. The van der Waals surface area contributed by atoms with E-state index >= 15 is 0 Å². The van der Waals surface area contributed by atoms with Crippen LogP contribution in [-0.4, -0.2) is 22.4 Å². The van der Waals surface area contributed by atoms with Crippen molar-refractivity contribution < 1.29 is 4.79 Å². The van der Waals surface area contributed by atoms with Gasteiger partial charge in [0.1, 0.15) is 0 Å². The standard InChI is InChI=1S/C23H23N3O/c1-14-10-18(6-8-24-14)22-5-4-17(13-26-22)11-19-12-21-20(16(3)15(19)2)7-9-25-23(21)27/h4-6,8,10,12-13H,7,9,11H2,1-3H3,(H,25,27). The number of rotatable bonds is 3. The van der Waals surface area contributed by atoms with Crippen LogP contribution in [0.2, 0.25) is 0 Å². The number of pyridine rings is 2. The second-order valence-electron chi connectivity index (χ2n) is 7.23. The number of carbonyl (C=O) groups is 1. The lowest BCUT2D eigenvalue weighted by Crippen LogP contribution is -2.32. The zero-order valence-electron chi connectivity index (χ0n) is 16.0. The number of hydrogen-bond donors (Lipinski definition) is 1. The molecule has 0 aliphatic carbocycles. The number of hydrogen-bond acceptors (Lipinski definition) is 3. The highest BCUT2D eigenvalue weighted by atomic mass is 16.1. The van der Waals surface area contributed by atoms with Crippen LogP contribution in [0.3, 0.4) is 0 Å². The molecular weight excluding hydrogens is 334 g/mol. The van der Waals surface area contributed by atoms with Crippen LogP contribution < -0.4 is 5.32 Å². The van der Waals surface area contributed by atoms with Crippen LogP contribution >= 0.6 is 0 Å². The van der Waals surface area contributed by atoms with Gasteiger partial charge in [0.15, 0.2) is 0 Å². The zero-order chi connectivity index (χ0) is 19.0. The Balaban J connectivity index is 1.64. The van der Waals surface area contributed by atoms with E-state index in [0.717, 1.165) is 47.5 Å². The normalized spacial score (nSPS) is 13.2. The van der Waals surface area contributed by atoms with E-state index in [2.05, 4.69) is 47.3 Å². The monoisotopic (exact) mass is 357 g/mol. The minimum Gasteiger partial charge on any atom is -0.352 e. The molecule has 3 aromatic rings. The van der Waals surface area contributed by atoms with Crippen LogP contribution in [0.25, 0.3) is 11.3 Å². The predicted molar refractivity (Wildman–Crippen MR) is 107 cm³/mol. The second kappa shape index (κ2) is 6.95. The van der Waals surface area contributed by atoms with E-state index in [4.69, 9.17) is 0 Å². The van der Waals surface area contributed by atoms with E-state index in [1.54, 1.807) is 0 Å². The Morgan fingerprint density at radius 1 is 1.04 bits per heavy atom. The summed E-state index contributed by atoms with van der Waals surface area (Å²) in [5, 5.41) is 2.95. The molecule has 0 spiro atoms. The molecule has 2 aromatic heterocycles. The first-order chi connectivity index (χ1) is 13.0. The highest BCUT2D eigenvalue weighted by Gasteiger charge is 2.21. The molecule has 136 valence electrons. The van der Waals surface area contributed by atoms with Gasteiger partial charge in [0.05, 0.1) is 5.69 Å². The Kier molecular flexibility index (Phi) is 4.48. The smallest absolute Gasteiger partial charge is 0.251 e. The third-order valence-corrected chi connectivity index (χ3v) is 5.46. The number of carbonyl (C=O) groups excluding carboxylic acids is 1. The molecule has 1 amide bonds. The number of fused-ring (bicyclic) bond motifs is 1. The van der Waals surface area contributed by atoms with Gasteiger partial charge in [-0.15, -0.1) is 0 Å². The summed E-state index contributed by atoms with van der Waals surface area (Å²) in [4.78, 5) is 21.1. The molecule has 4 nitrogen and oxygen atoms in total. The number of amides is 1. The van der Waals surface area contributed by atoms with Crippen LogP contribution in [0.5, 0.6) is 0 Å². The summed E-state index contributed by atoms with van der Waals surface area (Å²) in [5.74, 6) is 0.0436. The molecule has 0 bridgehead atoms. The lowest BCUT2D eigenvalue weighted by atomic mass is 9.87. The number of aryl methyl sites for hydroxylation is 1. The van der Waals surface area contributed by atoms with Crippen molar-refractivity contribution in [1.82, 2.24) is 15.3 Å². The molecular formula is C23H23N3O.